The number of hydrogen-bond donors (Lipinski definition) is 0. The zero-order valence-corrected chi connectivity index (χ0v) is 10.3. The van der Waals surface area contributed by atoms with Crippen LogP contribution in [0.4, 0.5) is 0 Å². The fraction of sp³-hybridized carbons (Fsp3) is 0.455. The Labute approximate surface area is 95.0 Å². The van der Waals surface area contributed by atoms with Crippen molar-refractivity contribution in [1.29, 1.82) is 0 Å². The van der Waals surface area contributed by atoms with Crippen molar-refractivity contribution in [1.82, 2.24) is 0 Å². The molecular formula is C11H10Br2. The van der Waals surface area contributed by atoms with Gasteiger partial charge in [-0.2, -0.15) is 0 Å². The van der Waals surface area contributed by atoms with Gasteiger partial charge >= 0.3 is 0 Å². The lowest BCUT2D eigenvalue weighted by atomic mass is 9.92. The number of benzene rings is 1. The molecule has 2 heteroatoms. The van der Waals surface area contributed by atoms with Gasteiger partial charge in [0.1, 0.15) is 0 Å². The molecular weight excluding hydrogens is 292 g/mol. The zero-order chi connectivity index (χ0) is 9.00. The van der Waals surface area contributed by atoms with Crippen molar-refractivity contribution >= 4 is 31.9 Å². The third-order valence-corrected chi connectivity index (χ3v) is 5.50. The maximum atomic E-state index is 3.82. The van der Waals surface area contributed by atoms with E-state index in [1.54, 1.807) is 11.1 Å². The van der Waals surface area contributed by atoms with Crippen LogP contribution in [-0.2, 0) is 0 Å². The predicted octanol–water partition coefficient (Wildman–Crippen LogP) is 3.80. The summed E-state index contributed by atoms with van der Waals surface area (Å²) in [7, 11) is 0. The minimum Gasteiger partial charge on any atom is -0.0883 e. The van der Waals surface area contributed by atoms with Gasteiger partial charge in [-0.15, -0.1) is 0 Å². The molecule has 0 aliphatic heterocycles. The standard InChI is InChI=1S/C11H10Br2/c12-9-5-8-6-3-1-2-4-7(6)10(9)11(8)13/h1-4,8-11H,5H2/t8-,9+,10-,11+/m1/s1. The van der Waals surface area contributed by atoms with Gasteiger partial charge in [0.25, 0.3) is 0 Å². The maximum absolute atomic E-state index is 3.82. The summed E-state index contributed by atoms with van der Waals surface area (Å²) < 4.78 is 0. The van der Waals surface area contributed by atoms with Crippen LogP contribution in [-0.4, -0.2) is 9.65 Å². The Kier molecular flexibility index (Phi) is 1.85. The summed E-state index contributed by atoms with van der Waals surface area (Å²) in [5.41, 5.74) is 3.13. The molecule has 1 saturated carbocycles. The van der Waals surface area contributed by atoms with Gasteiger partial charge < -0.3 is 0 Å². The highest BCUT2D eigenvalue weighted by atomic mass is 79.9. The van der Waals surface area contributed by atoms with E-state index in [0.717, 1.165) is 5.92 Å². The number of alkyl halides is 2. The molecule has 2 aliphatic rings. The summed E-state index contributed by atoms with van der Waals surface area (Å²) in [5.74, 6) is 1.44. The molecule has 0 saturated heterocycles. The summed E-state index contributed by atoms with van der Waals surface area (Å²) in [6.45, 7) is 0. The van der Waals surface area contributed by atoms with Gasteiger partial charge in [0.2, 0.25) is 0 Å². The average Bonchev–Trinajstić information content (AvgIpc) is 2.56. The third kappa shape index (κ3) is 1.02. The van der Waals surface area contributed by atoms with Gasteiger partial charge in [-0.1, -0.05) is 56.1 Å². The highest BCUT2D eigenvalue weighted by Crippen LogP contribution is 2.58. The largest absolute Gasteiger partial charge is 0.0883 e. The molecule has 0 unspecified atom stereocenters. The van der Waals surface area contributed by atoms with Crippen molar-refractivity contribution in [3.8, 4) is 0 Å². The SMILES string of the molecule is Br[C@@H]1[C@@H]2c3ccccc3[C@H]1C[C@@H]2Br. The zero-order valence-electron chi connectivity index (χ0n) is 7.08. The molecule has 0 amide bonds. The van der Waals surface area contributed by atoms with E-state index >= 15 is 0 Å². The number of fused-ring (bicyclic) bond motifs is 5. The van der Waals surface area contributed by atoms with Crippen molar-refractivity contribution in [2.45, 2.75) is 27.9 Å². The van der Waals surface area contributed by atoms with Crippen LogP contribution in [0.3, 0.4) is 0 Å². The first-order chi connectivity index (χ1) is 6.29. The predicted molar refractivity (Wildman–Crippen MR) is 62.0 cm³/mol. The number of rotatable bonds is 0. The van der Waals surface area contributed by atoms with Crippen LogP contribution in [0.5, 0.6) is 0 Å². The fourth-order valence-electron chi connectivity index (χ4n) is 2.79. The van der Waals surface area contributed by atoms with E-state index in [-0.39, 0.29) is 0 Å². The fourth-order valence-corrected chi connectivity index (χ4v) is 5.37. The summed E-state index contributed by atoms with van der Waals surface area (Å²) >= 11 is 7.60. The Morgan fingerprint density at radius 1 is 1.08 bits per heavy atom. The van der Waals surface area contributed by atoms with Crippen molar-refractivity contribution in [3.05, 3.63) is 35.4 Å². The second-order valence-corrected chi connectivity index (χ2v) is 6.19. The summed E-state index contributed by atoms with van der Waals surface area (Å²) in [5, 5.41) is 0. The van der Waals surface area contributed by atoms with Crippen molar-refractivity contribution in [3.63, 3.8) is 0 Å². The molecule has 0 radical (unpaired) electrons. The lowest BCUT2D eigenvalue weighted by molar-refractivity contribution is 0.743. The van der Waals surface area contributed by atoms with E-state index in [9.17, 15) is 0 Å². The molecule has 3 rings (SSSR count). The number of hydrogen-bond acceptors (Lipinski definition) is 0. The Balaban J connectivity index is 2.18. The smallest absolute Gasteiger partial charge is 0.0294 e. The van der Waals surface area contributed by atoms with E-state index in [1.807, 2.05) is 0 Å². The van der Waals surface area contributed by atoms with Crippen molar-refractivity contribution in [2.75, 3.05) is 0 Å². The van der Waals surface area contributed by atoms with E-state index in [2.05, 4.69) is 56.1 Å². The molecule has 0 N–H and O–H groups in total. The molecule has 13 heavy (non-hydrogen) atoms. The normalized spacial score (nSPS) is 40.8. The first-order valence-corrected chi connectivity index (χ1v) is 6.49. The minimum atomic E-state index is 0.661. The molecule has 0 nitrogen and oxygen atoms in total. The van der Waals surface area contributed by atoms with Gasteiger partial charge in [0.15, 0.2) is 0 Å². The lowest BCUT2D eigenvalue weighted by Gasteiger charge is -2.18. The second-order valence-electron chi connectivity index (χ2n) is 3.96. The highest BCUT2D eigenvalue weighted by Gasteiger charge is 2.49. The molecule has 1 aromatic carbocycles. The first-order valence-electron chi connectivity index (χ1n) is 4.66. The van der Waals surface area contributed by atoms with Gasteiger partial charge in [0.05, 0.1) is 0 Å². The Morgan fingerprint density at radius 2 is 1.77 bits per heavy atom. The molecule has 2 aliphatic carbocycles. The van der Waals surface area contributed by atoms with Crippen LogP contribution in [0.15, 0.2) is 24.3 Å². The Hall–Kier alpha value is 0.180. The molecule has 2 bridgehead atoms. The first kappa shape index (κ1) is 8.49. The van der Waals surface area contributed by atoms with E-state index in [4.69, 9.17) is 0 Å². The van der Waals surface area contributed by atoms with Crippen LogP contribution >= 0.6 is 31.9 Å². The molecule has 1 fully saturated rings. The monoisotopic (exact) mass is 300 g/mol. The van der Waals surface area contributed by atoms with Gasteiger partial charge in [-0.3, -0.25) is 0 Å². The molecule has 0 spiro atoms. The van der Waals surface area contributed by atoms with Gasteiger partial charge in [-0.05, 0) is 23.5 Å². The van der Waals surface area contributed by atoms with Crippen LogP contribution < -0.4 is 0 Å². The van der Waals surface area contributed by atoms with Crippen LogP contribution in [0.2, 0.25) is 0 Å². The molecule has 68 valence electrons. The number of halogens is 2. The average molecular weight is 302 g/mol. The highest BCUT2D eigenvalue weighted by molar-refractivity contribution is 9.10. The molecule has 0 aromatic heterocycles. The van der Waals surface area contributed by atoms with Crippen LogP contribution in [0.25, 0.3) is 0 Å². The second kappa shape index (κ2) is 2.83. The Bertz CT molecular complexity index is 348. The van der Waals surface area contributed by atoms with E-state index < -0.39 is 0 Å². The quantitative estimate of drug-likeness (QED) is 0.640. The third-order valence-electron chi connectivity index (χ3n) is 3.35. The maximum Gasteiger partial charge on any atom is 0.0294 e. The van der Waals surface area contributed by atoms with E-state index in [0.29, 0.717) is 15.6 Å². The van der Waals surface area contributed by atoms with Gasteiger partial charge in [-0.25, -0.2) is 0 Å². The summed E-state index contributed by atoms with van der Waals surface area (Å²) in [4.78, 5) is 1.34. The van der Waals surface area contributed by atoms with E-state index in [1.165, 1.54) is 6.42 Å². The molecule has 0 heterocycles. The van der Waals surface area contributed by atoms with Crippen LogP contribution in [0.1, 0.15) is 29.4 Å². The topological polar surface area (TPSA) is 0 Å². The van der Waals surface area contributed by atoms with Crippen molar-refractivity contribution < 1.29 is 0 Å². The summed E-state index contributed by atoms with van der Waals surface area (Å²) in [6, 6.07) is 8.87. The summed E-state index contributed by atoms with van der Waals surface area (Å²) in [6.07, 6.45) is 1.29. The Morgan fingerprint density at radius 3 is 2.54 bits per heavy atom. The molecule has 1 aromatic rings. The van der Waals surface area contributed by atoms with Crippen molar-refractivity contribution in [2.24, 2.45) is 0 Å². The van der Waals surface area contributed by atoms with Gasteiger partial charge in [0, 0.05) is 15.6 Å². The molecule has 4 atom stereocenters. The lowest BCUT2D eigenvalue weighted by Crippen LogP contribution is -2.10. The minimum absolute atomic E-state index is 0.661. The van der Waals surface area contributed by atoms with Crippen LogP contribution in [0, 0.1) is 0 Å².